The van der Waals surface area contributed by atoms with Gasteiger partial charge in [0.05, 0.1) is 6.26 Å². The molecule has 0 saturated heterocycles. The standard InChI is InChI=1S/C8H9ClFNO2S/c1-14(12,13)11-7-4-2-6(3-5-7)8(9)10/h2-5,8,11H,1H3. The lowest BCUT2D eigenvalue weighted by atomic mass is 10.2. The normalized spacial score (nSPS) is 13.6. The van der Waals surface area contributed by atoms with Crippen molar-refractivity contribution in [2.24, 2.45) is 0 Å². The quantitative estimate of drug-likeness (QED) is 0.820. The maximum absolute atomic E-state index is 12.5. The maximum atomic E-state index is 12.5. The van der Waals surface area contributed by atoms with Crippen LogP contribution in [0.2, 0.25) is 0 Å². The van der Waals surface area contributed by atoms with Crippen LogP contribution in [0.1, 0.15) is 11.2 Å². The first-order chi connectivity index (χ1) is 6.38. The average Bonchev–Trinajstić information content (AvgIpc) is 2.02. The fraction of sp³-hybridized carbons (Fsp3) is 0.250. The molecule has 1 aromatic rings. The molecule has 0 bridgehead atoms. The van der Waals surface area contributed by atoms with Crippen molar-refractivity contribution in [2.45, 2.75) is 5.63 Å². The molecule has 0 spiro atoms. The third kappa shape index (κ3) is 3.51. The van der Waals surface area contributed by atoms with Crippen molar-refractivity contribution in [1.82, 2.24) is 0 Å². The van der Waals surface area contributed by atoms with Crippen molar-refractivity contribution < 1.29 is 12.8 Å². The summed E-state index contributed by atoms with van der Waals surface area (Å²) in [5.41, 5.74) is -0.887. The van der Waals surface area contributed by atoms with E-state index in [9.17, 15) is 12.8 Å². The van der Waals surface area contributed by atoms with E-state index in [1.54, 1.807) is 0 Å². The summed E-state index contributed by atoms with van der Waals surface area (Å²) in [6.07, 6.45) is 1.04. The summed E-state index contributed by atoms with van der Waals surface area (Å²) < 4.78 is 36.4. The Balaban J connectivity index is 2.84. The van der Waals surface area contributed by atoms with Gasteiger partial charge in [0.2, 0.25) is 10.0 Å². The summed E-state index contributed by atoms with van der Waals surface area (Å²) in [4.78, 5) is 0. The summed E-state index contributed by atoms with van der Waals surface area (Å²) in [7, 11) is -3.29. The fourth-order valence-electron chi connectivity index (χ4n) is 0.911. The monoisotopic (exact) mass is 237 g/mol. The summed E-state index contributed by atoms with van der Waals surface area (Å²) in [6, 6.07) is 5.74. The summed E-state index contributed by atoms with van der Waals surface area (Å²) in [6.45, 7) is 0. The largest absolute Gasteiger partial charge is 0.284 e. The van der Waals surface area contributed by atoms with E-state index in [0.717, 1.165) is 6.26 Å². The molecular formula is C8H9ClFNO2S. The Labute approximate surface area is 86.9 Å². The third-order valence-electron chi connectivity index (χ3n) is 1.47. The molecule has 14 heavy (non-hydrogen) atoms. The predicted octanol–water partition coefficient (Wildman–Crippen LogP) is 2.27. The van der Waals surface area contributed by atoms with Crippen LogP contribution >= 0.6 is 11.6 Å². The van der Waals surface area contributed by atoms with E-state index in [4.69, 9.17) is 11.6 Å². The molecule has 0 radical (unpaired) electrons. The Hall–Kier alpha value is -0.810. The third-order valence-corrected chi connectivity index (χ3v) is 2.32. The molecule has 1 aromatic carbocycles. The van der Waals surface area contributed by atoms with Gasteiger partial charge in [-0.05, 0) is 12.1 Å². The van der Waals surface area contributed by atoms with Gasteiger partial charge in [0.25, 0.3) is 0 Å². The Morgan fingerprint density at radius 2 is 1.86 bits per heavy atom. The van der Waals surface area contributed by atoms with Crippen LogP contribution in [0.3, 0.4) is 0 Å². The number of alkyl halides is 2. The van der Waals surface area contributed by atoms with Crippen LogP contribution in [0.5, 0.6) is 0 Å². The van der Waals surface area contributed by atoms with Crippen LogP contribution in [0, 0.1) is 0 Å². The number of anilines is 1. The number of nitrogens with one attached hydrogen (secondary N) is 1. The molecule has 0 aliphatic heterocycles. The van der Waals surface area contributed by atoms with Crippen LogP contribution in [-0.2, 0) is 10.0 Å². The molecule has 0 heterocycles. The van der Waals surface area contributed by atoms with Crippen molar-refractivity contribution in [3.8, 4) is 0 Å². The van der Waals surface area contributed by atoms with Crippen LogP contribution in [0.25, 0.3) is 0 Å². The molecule has 0 aromatic heterocycles. The van der Waals surface area contributed by atoms with Gasteiger partial charge in [0.15, 0.2) is 5.63 Å². The van der Waals surface area contributed by atoms with Gasteiger partial charge in [-0.2, -0.15) is 0 Å². The Bertz CT molecular complexity index is 402. The van der Waals surface area contributed by atoms with E-state index in [2.05, 4.69) is 4.72 Å². The number of halogens is 2. The Morgan fingerprint density at radius 1 is 1.36 bits per heavy atom. The topological polar surface area (TPSA) is 46.2 Å². The molecule has 78 valence electrons. The maximum Gasteiger partial charge on any atom is 0.229 e. The number of hydrogen-bond acceptors (Lipinski definition) is 2. The van der Waals surface area contributed by atoms with Crippen molar-refractivity contribution >= 4 is 27.3 Å². The average molecular weight is 238 g/mol. The number of sulfonamides is 1. The highest BCUT2D eigenvalue weighted by Gasteiger charge is 2.05. The molecular weight excluding hydrogens is 229 g/mol. The van der Waals surface area contributed by atoms with E-state index < -0.39 is 15.7 Å². The second-order valence-corrected chi connectivity index (χ2v) is 4.93. The molecule has 3 nitrogen and oxygen atoms in total. The second kappa shape index (κ2) is 4.14. The summed E-state index contributed by atoms with van der Waals surface area (Å²) >= 11 is 5.18. The van der Waals surface area contributed by atoms with Crippen molar-refractivity contribution in [3.05, 3.63) is 29.8 Å². The van der Waals surface area contributed by atoms with Crippen molar-refractivity contribution in [1.29, 1.82) is 0 Å². The minimum absolute atomic E-state index is 0.297. The lowest BCUT2D eigenvalue weighted by Gasteiger charge is -2.04. The zero-order valence-corrected chi connectivity index (χ0v) is 8.94. The van der Waals surface area contributed by atoms with Crippen LogP contribution in [0.4, 0.5) is 10.1 Å². The molecule has 1 atom stereocenters. The molecule has 6 heteroatoms. The SMILES string of the molecule is CS(=O)(=O)Nc1ccc(C(F)Cl)cc1. The Morgan fingerprint density at radius 3 is 2.21 bits per heavy atom. The minimum Gasteiger partial charge on any atom is -0.284 e. The van der Waals surface area contributed by atoms with Gasteiger partial charge in [0.1, 0.15) is 0 Å². The number of hydrogen-bond donors (Lipinski definition) is 1. The van der Waals surface area contributed by atoms with E-state index in [0.29, 0.717) is 11.3 Å². The molecule has 0 saturated carbocycles. The van der Waals surface area contributed by atoms with E-state index >= 15 is 0 Å². The van der Waals surface area contributed by atoms with Gasteiger partial charge in [0, 0.05) is 11.3 Å². The molecule has 0 amide bonds. The van der Waals surface area contributed by atoms with Crippen LogP contribution in [-0.4, -0.2) is 14.7 Å². The zero-order chi connectivity index (χ0) is 10.8. The lowest BCUT2D eigenvalue weighted by molar-refractivity contribution is 0.460. The molecule has 0 aliphatic carbocycles. The molecule has 1 unspecified atom stereocenters. The Kier molecular flexibility index (Phi) is 3.34. The van der Waals surface area contributed by atoms with E-state index in [1.807, 2.05) is 0 Å². The van der Waals surface area contributed by atoms with E-state index in [1.165, 1.54) is 24.3 Å². The van der Waals surface area contributed by atoms with Crippen molar-refractivity contribution in [2.75, 3.05) is 11.0 Å². The van der Waals surface area contributed by atoms with Gasteiger partial charge in [-0.1, -0.05) is 23.7 Å². The molecule has 1 rings (SSSR count). The van der Waals surface area contributed by atoms with Gasteiger partial charge in [-0.25, -0.2) is 12.8 Å². The zero-order valence-electron chi connectivity index (χ0n) is 7.37. The highest BCUT2D eigenvalue weighted by Crippen LogP contribution is 2.22. The van der Waals surface area contributed by atoms with Crippen molar-refractivity contribution in [3.63, 3.8) is 0 Å². The first-order valence-corrected chi connectivity index (χ1v) is 6.07. The van der Waals surface area contributed by atoms with Crippen LogP contribution < -0.4 is 4.72 Å². The lowest BCUT2D eigenvalue weighted by Crippen LogP contribution is -2.09. The summed E-state index contributed by atoms with van der Waals surface area (Å²) in [5.74, 6) is 0. The van der Waals surface area contributed by atoms with Gasteiger partial charge >= 0.3 is 0 Å². The minimum atomic E-state index is -3.29. The van der Waals surface area contributed by atoms with Gasteiger partial charge in [-0.15, -0.1) is 0 Å². The molecule has 0 aliphatic rings. The predicted molar refractivity (Wildman–Crippen MR) is 54.6 cm³/mol. The smallest absolute Gasteiger partial charge is 0.229 e. The highest BCUT2D eigenvalue weighted by atomic mass is 35.5. The first-order valence-electron chi connectivity index (χ1n) is 3.74. The molecule has 1 N–H and O–H groups in total. The van der Waals surface area contributed by atoms with Crippen LogP contribution in [0.15, 0.2) is 24.3 Å². The summed E-state index contributed by atoms with van der Waals surface area (Å²) in [5, 5.41) is 0. The van der Waals surface area contributed by atoms with E-state index in [-0.39, 0.29) is 0 Å². The second-order valence-electron chi connectivity index (χ2n) is 2.80. The number of benzene rings is 1. The van der Waals surface area contributed by atoms with Gasteiger partial charge < -0.3 is 0 Å². The number of rotatable bonds is 3. The molecule has 0 fully saturated rings. The first kappa shape index (κ1) is 11.3. The highest BCUT2D eigenvalue weighted by molar-refractivity contribution is 7.92. The fourth-order valence-corrected chi connectivity index (χ4v) is 1.62. The van der Waals surface area contributed by atoms with Gasteiger partial charge in [-0.3, -0.25) is 4.72 Å².